The van der Waals surface area contributed by atoms with Gasteiger partial charge in [0.2, 0.25) is 0 Å². The largest absolute Gasteiger partial charge is 0.454 e. The normalized spacial score (nSPS) is 10.7. The Bertz CT molecular complexity index is 1250. The van der Waals surface area contributed by atoms with E-state index in [1.54, 1.807) is 42.5 Å². The van der Waals surface area contributed by atoms with Crippen LogP contribution >= 0.6 is 23.2 Å². The third-order valence-electron chi connectivity index (χ3n) is 4.59. The van der Waals surface area contributed by atoms with Crippen LogP contribution in [0.5, 0.6) is 0 Å². The number of carbonyl (C=O) groups is 2. The van der Waals surface area contributed by atoms with Crippen LogP contribution < -0.4 is 0 Å². The molecule has 0 amide bonds. The van der Waals surface area contributed by atoms with Gasteiger partial charge >= 0.3 is 5.97 Å². The number of rotatable bonds is 5. The average molecular weight is 436 g/mol. The molecule has 0 aliphatic heterocycles. The number of Topliss-reactive ketones (excluding diaryl/α,β-unsaturated/α-hetero) is 1. The minimum Gasteiger partial charge on any atom is -0.454 e. The highest BCUT2D eigenvalue weighted by Crippen LogP contribution is 2.30. The highest BCUT2D eigenvalue weighted by Gasteiger charge is 2.18. The van der Waals surface area contributed by atoms with E-state index in [9.17, 15) is 9.59 Å². The van der Waals surface area contributed by atoms with Gasteiger partial charge in [-0.1, -0.05) is 59.6 Å². The molecular formula is C24H15Cl2NO3. The molecule has 1 heterocycles. The molecule has 6 heteroatoms. The van der Waals surface area contributed by atoms with Gasteiger partial charge in [-0.15, -0.1) is 0 Å². The zero-order valence-electron chi connectivity index (χ0n) is 15.6. The number of nitrogens with zero attached hydrogens (tertiary/aromatic N) is 1. The number of ether oxygens (including phenoxy) is 1. The molecule has 0 atom stereocenters. The highest BCUT2D eigenvalue weighted by atomic mass is 35.5. The van der Waals surface area contributed by atoms with E-state index in [1.165, 1.54) is 0 Å². The van der Waals surface area contributed by atoms with Crippen LogP contribution in [0, 0.1) is 0 Å². The van der Waals surface area contributed by atoms with Gasteiger partial charge in [0, 0.05) is 26.6 Å². The van der Waals surface area contributed by atoms with Crippen molar-refractivity contribution in [1.82, 2.24) is 4.98 Å². The topological polar surface area (TPSA) is 56.3 Å². The number of esters is 1. The maximum Gasteiger partial charge on any atom is 0.339 e. The van der Waals surface area contributed by atoms with Gasteiger partial charge in [0.25, 0.3) is 0 Å². The lowest BCUT2D eigenvalue weighted by molar-refractivity contribution is 0.0476. The Balaban J connectivity index is 1.65. The summed E-state index contributed by atoms with van der Waals surface area (Å²) >= 11 is 12.2. The number of ketones is 1. The number of fused-ring (bicyclic) bond motifs is 1. The molecule has 4 rings (SSSR count). The monoisotopic (exact) mass is 435 g/mol. The molecule has 0 spiro atoms. The van der Waals surface area contributed by atoms with Crippen molar-refractivity contribution in [3.8, 4) is 11.3 Å². The lowest BCUT2D eigenvalue weighted by atomic mass is 10.0. The minimum absolute atomic E-state index is 0.315. The van der Waals surface area contributed by atoms with E-state index in [2.05, 4.69) is 4.98 Å². The van der Waals surface area contributed by atoms with Crippen molar-refractivity contribution in [3.05, 3.63) is 100 Å². The van der Waals surface area contributed by atoms with Crippen LogP contribution in [0.25, 0.3) is 22.2 Å². The molecule has 0 fully saturated rings. The Kier molecular flexibility index (Phi) is 5.79. The van der Waals surface area contributed by atoms with Gasteiger partial charge in [0.1, 0.15) is 0 Å². The van der Waals surface area contributed by atoms with E-state index in [1.807, 2.05) is 36.4 Å². The summed E-state index contributed by atoms with van der Waals surface area (Å²) < 4.78 is 5.32. The SMILES string of the molecule is O=C(COC(=O)c1cc(-c2ccccc2Cl)nc2ccccc12)c1ccc(Cl)cc1. The maximum atomic E-state index is 12.9. The van der Waals surface area contributed by atoms with Crippen LogP contribution in [-0.2, 0) is 4.74 Å². The number of pyridine rings is 1. The van der Waals surface area contributed by atoms with E-state index >= 15 is 0 Å². The van der Waals surface area contributed by atoms with Crippen LogP contribution in [-0.4, -0.2) is 23.3 Å². The molecule has 4 nitrogen and oxygen atoms in total. The second-order valence-corrected chi connectivity index (χ2v) is 7.40. The predicted molar refractivity (Wildman–Crippen MR) is 118 cm³/mol. The molecule has 0 radical (unpaired) electrons. The molecule has 30 heavy (non-hydrogen) atoms. The molecule has 0 N–H and O–H groups in total. The minimum atomic E-state index is -0.607. The number of benzene rings is 3. The summed E-state index contributed by atoms with van der Waals surface area (Å²) in [6, 6.07) is 22.6. The number of halogens is 2. The van der Waals surface area contributed by atoms with Crippen LogP contribution in [0.3, 0.4) is 0 Å². The molecule has 0 unspecified atom stereocenters. The van der Waals surface area contributed by atoms with Gasteiger partial charge in [-0.2, -0.15) is 0 Å². The van der Waals surface area contributed by atoms with Crippen molar-refractivity contribution >= 4 is 45.9 Å². The van der Waals surface area contributed by atoms with Crippen molar-refractivity contribution in [2.24, 2.45) is 0 Å². The standard InChI is InChI=1S/C24H15Cl2NO3/c25-16-11-9-15(10-12-16)23(28)14-30-24(29)19-13-22(18-6-1-3-7-20(18)26)27-21-8-4-2-5-17(19)21/h1-13H,14H2. The molecule has 4 aromatic rings. The van der Waals surface area contributed by atoms with Crippen molar-refractivity contribution in [3.63, 3.8) is 0 Å². The molecule has 1 aromatic heterocycles. The summed E-state index contributed by atoms with van der Waals surface area (Å²) in [7, 11) is 0. The average Bonchev–Trinajstić information content (AvgIpc) is 2.77. The molecule has 0 bridgehead atoms. The second kappa shape index (κ2) is 8.66. The molecule has 0 saturated carbocycles. The summed E-state index contributed by atoms with van der Waals surface area (Å²) in [5.41, 5.74) is 2.63. The molecular weight excluding hydrogens is 421 g/mol. The van der Waals surface area contributed by atoms with Crippen molar-refractivity contribution in [2.75, 3.05) is 6.61 Å². The Labute approximate surface area is 183 Å². The van der Waals surface area contributed by atoms with E-state index in [4.69, 9.17) is 27.9 Å². The fraction of sp³-hybridized carbons (Fsp3) is 0.0417. The van der Waals surface area contributed by atoms with E-state index in [0.29, 0.717) is 43.3 Å². The predicted octanol–water partition coefficient (Wildman–Crippen LogP) is 6.25. The molecule has 0 saturated heterocycles. The van der Waals surface area contributed by atoms with Gasteiger partial charge in [-0.05, 0) is 42.5 Å². The quantitative estimate of drug-likeness (QED) is 0.274. The second-order valence-electron chi connectivity index (χ2n) is 6.56. The summed E-state index contributed by atoms with van der Waals surface area (Å²) in [5.74, 6) is -0.922. The lowest BCUT2D eigenvalue weighted by Crippen LogP contribution is -2.15. The summed E-state index contributed by atoms with van der Waals surface area (Å²) in [5, 5.41) is 1.69. The van der Waals surface area contributed by atoms with Gasteiger partial charge in [-0.3, -0.25) is 4.79 Å². The van der Waals surface area contributed by atoms with Gasteiger partial charge in [0.15, 0.2) is 12.4 Å². The van der Waals surface area contributed by atoms with Crippen molar-refractivity contribution in [1.29, 1.82) is 0 Å². The number of para-hydroxylation sites is 1. The summed E-state index contributed by atoms with van der Waals surface area (Å²) in [6.45, 7) is -0.376. The first-order valence-electron chi connectivity index (χ1n) is 9.13. The highest BCUT2D eigenvalue weighted by molar-refractivity contribution is 6.33. The first kappa shape index (κ1) is 20.1. The number of hydrogen-bond acceptors (Lipinski definition) is 4. The zero-order valence-corrected chi connectivity index (χ0v) is 17.2. The Morgan fingerprint density at radius 3 is 2.33 bits per heavy atom. The maximum absolute atomic E-state index is 12.9. The summed E-state index contributed by atoms with van der Waals surface area (Å²) in [4.78, 5) is 29.8. The first-order chi connectivity index (χ1) is 14.5. The Morgan fingerprint density at radius 2 is 1.57 bits per heavy atom. The van der Waals surface area contributed by atoms with Gasteiger partial charge in [0.05, 0.1) is 16.8 Å². The lowest BCUT2D eigenvalue weighted by Gasteiger charge is -2.11. The van der Waals surface area contributed by atoms with Crippen LogP contribution in [0.4, 0.5) is 0 Å². The van der Waals surface area contributed by atoms with Crippen LogP contribution in [0.2, 0.25) is 10.0 Å². The fourth-order valence-corrected chi connectivity index (χ4v) is 3.44. The molecule has 148 valence electrons. The third-order valence-corrected chi connectivity index (χ3v) is 5.17. The number of hydrogen-bond donors (Lipinski definition) is 0. The third kappa shape index (κ3) is 4.20. The van der Waals surface area contributed by atoms with Gasteiger partial charge < -0.3 is 4.74 Å². The molecule has 0 aliphatic rings. The van der Waals surface area contributed by atoms with Crippen LogP contribution in [0.1, 0.15) is 20.7 Å². The molecule has 3 aromatic carbocycles. The Hall–Kier alpha value is -3.21. The molecule has 0 aliphatic carbocycles. The smallest absolute Gasteiger partial charge is 0.339 e. The van der Waals surface area contributed by atoms with Gasteiger partial charge in [-0.25, -0.2) is 9.78 Å². The number of aromatic nitrogens is 1. The van der Waals surface area contributed by atoms with Crippen LogP contribution in [0.15, 0.2) is 78.9 Å². The Morgan fingerprint density at radius 1 is 0.867 bits per heavy atom. The first-order valence-corrected chi connectivity index (χ1v) is 9.89. The van der Waals surface area contributed by atoms with E-state index < -0.39 is 5.97 Å². The van der Waals surface area contributed by atoms with E-state index in [0.717, 1.165) is 0 Å². The van der Waals surface area contributed by atoms with Crippen molar-refractivity contribution < 1.29 is 14.3 Å². The summed E-state index contributed by atoms with van der Waals surface area (Å²) in [6.07, 6.45) is 0. The van der Waals surface area contributed by atoms with Crippen molar-refractivity contribution in [2.45, 2.75) is 0 Å². The zero-order chi connectivity index (χ0) is 21.1. The fourth-order valence-electron chi connectivity index (χ4n) is 3.08. The number of carbonyl (C=O) groups excluding carboxylic acids is 2. The van der Waals surface area contributed by atoms with E-state index in [-0.39, 0.29) is 12.4 Å².